The molecule has 0 radical (unpaired) electrons. The van der Waals surface area contributed by atoms with Crippen molar-refractivity contribution >= 4 is 0 Å². The zero-order valence-electron chi connectivity index (χ0n) is 9.13. The Bertz CT molecular complexity index is 393. The number of rotatable bonds is 4. The number of hydrogen-bond donors (Lipinski definition) is 2. The van der Waals surface area contributed by atoms with Gasteiger partial charge in [-0.2, -0.15) is 0 Å². The Morgan fingerprint density at radius 2 is 2.06 bits per heavy atom. The fourth-order valence-electron chi connectivity index (χ4n) is 2.08. The van der Waals surface area contributed by atoms with Crippen molar-refractivity contribution in [1.82, 2.24) is 5.32 Å². The summed E-state index contributed by atoms with van der Waals surface area (Å²) in [5.74, 6) is -1.65. The van der Waals surface area contributed by atoms with Gasteiger partial charge in [0.15, 0.2) is 11.6 Å². The highest BCUT2D eigenvalue weighted by atomic mass is 19.2. The van der Waals surface area contributed by atoms with E-state index < -0.39 is 17.2 Å². The first-order valence-electron chi connectivity index (χ1n) is 5.40. The maximum Gasteiger partial charge on any atom is 0.159 e. The minimum atomic E-state index is -1.08. The Labute approximate surface area is 93.3 Å². The lowest BCUT2D eigenvalue weighted by Gasteiger charge is -2.28. The molecule has 0 saturated heterocycles. The van der Waals surface area contributed by atoms with E-state index >= 15 is 0 Å². The number of benzene rings is 1. The first-order chi connectivity index (χ1) is 7.58. The fourth-order valence-corrected chi connectivity index (χ4v) is 2.08. The normalized spacial score (nSPS) is 19.5. The molecule has 1 atom stereocenters. The molecule has 1 saturated carbocycles. The molecule has 1 fully saturated rings. The van der Waals surface area contributed by atoms with Crippen molar-refractivity contribution in [3.8, 4) is 0 Å². The highest BCUT2D eigenvalue weighted by molar-refractivity contribution is 5.27. The van der Waals surface area contributed by atoms with Gasteiger partial charge in [-0.25, -0.2) is 8.78 Å². The monoisotopic (exact) mass is 227 g/mol. The van der Waals surface area contributed by atoms with Crippen molar-refractivity contribution in [1.29, 1.82) is 0 Å². The number of likely N-dealkylation sites (N-methyl/N-ethyl adjacent to an activating group) is 1. The second-order valence-corrected chi connectivity index (χ2v) is 4.36. The summed E-state index contributed by atoms with van der Waals surface area (Å²) < 4.78 is 25.9. The molecular formula is C12H15F2NO. The zero-order chi connectivity index (χ0) is 11.8. The van der Waals surface area contributed by atoms with Crippen LogP contribution in [0.4, 0.5) is 8.78 Å². The van der Waals surface area contributed by atoms with Gasteiger partial charge in [0.05, 0.1) is 0 Å². The number of halogens is 2. The van der Waals surface area contributed by atoms with Crippen LogP contribution >= 0.6 is 0 Å². The van der Waals surface area contributed by atoms with E-state index in [9.17, 15) is 13.9 Å². The van der Waals surface area contributed by atoms with Crippen LogP contribution in [-0.4, -0.2) is 18.7 Å². The van der Waals surface area contributed by atoms with E-state index in [4.69, 9.17) is 0 Å². The van der Waals surface area contributed by atoms with Crippen LogP contribution in [-0.2, 0) is 5.60 Å². The van der Waals surface area contributed by atoms with Crippen molar-refractivity contribution in [2.75, 3.05) is 13.6 Å². The lowest BCUT2D eigenvalue weighted by atomic mass is 9.88. The Kier molecular flexibility index (Phi) is 2.95. The Hall–Kier alpha value is -1.00. The average molecular weight is 227 g/mol. The van der Waals surface area contributed by atoms with Gasteiger partial charge in [0.2, 0.25) is 0 Å². The van der Waals surface area contributed by atoms with E-state index in [1.165, 1.54) is 6.07 Å². The Morgan fingerprint density at radius 1 is 1.38 bits per heavy atom. The minimum absolute atomic E-state index is 0.143. The molecule has 0 heterocycles. The van der Waals surface area contributed by atoms with Gasteiger partial charge in [-0.15, -0.1) is 0 Å². The summed E-state index contributed by atoms with van der Waals surface area (Å²) in [5.41, 5.74) is -0.633. The molecule has 1 aliphatic carbocycles. The van der Waals surface area contributed by atoms with Gasteiger partial charge in [0.1, 0.15) is 5.60 Å². The molecule has 1 unspecified atom stereocenters. The van der Waals surface area contributed by atoms with Crippen LogP contribution < -0.4 is 5.32 Å². The van der Waals surface area contributed by atoms with Crippen molar-refractivity contribution in [2.45, 2.75) is 18.4 Å². The molecule has 2 rings (SSSR count). The van der Waals surface area contributed by atoms with E-state index in [1.54, 1.807) is 7.05 Å². The molecule has 4 heteroatoms. The highest BCUT2D eigenvalue weighted by Crippen LogP contribution is 2.45. The summed E-state index contributed by atoms with van der Waals surface area (Å²) in [6.07, 6.45) is 1.86. The zero-order valence-corrected chi connectivity index (χ0v) is 9.13. The second kappa shape index (κ2) is 4.11. The van der Waals surface area contributed by atoms with Crippen LogP contribution in [0.25, 0.3) is 0 Å². The van der Waals surface area contributed by atoms with Crippen LogP contribution in [0.15, 0.2) is 18.2 Å². The number of nitrogens with one attached hydrogen (secondary N) is 1. The third-order valence-electron chi connectivity index (χ3n) is 3.12. The average Bonchev–Trinajstić information content (AvgIpc) is 3.06. The SMILES string of the molecule is CNCC(O)(c1ccc(F)c(F)c1)C1CC1. The maximum absolute atomic E-state index is 13.1. The predicted octanol–water partition coefficient (Wildman–Crippen LogP) is 1.78. The molecule has 1 aromatic carbocycles. The first-order valence-corrected chi connectivity index (χ1v) is 5.40. The molecular weight excluding hydrogens is 212 g/mol. The van der Waals surface area contributed by atoms with E-state index in [2.05, 4.69) is 5.32 Å². The van der Waals surface area contributed by atoms with Crippen molar-refractivity contribution < 1.29 is 13.9 Å². The summed E-state index contributed by atoms with van der Waals surface area (Å²) in [4.78, 5) is 0. The van der Waals surface area contributed by atoms with E-state index in [0.717, 1.165) is 25.0 Å². The molecule has 0 amide bonds. The second-order valence-electron chi connectivity index (χ2n) is 4.36. The fraction of sp³-hybridized carbons (Fsp3) is 0.500. The van der Waals surface area contributed by atoms with Gasteiger partial charge in [-0.05, 0) is 43.5 Å². The van der Waals surface area contributed by atoms with Crippen molar-refractivity contribution in [2.24, 2.45) is 5.92 Å². The third-order valence-corrected chi connectivity index (χ3v) is 3.12. The molecule has 0 bridgehead atoms. The van der Waals surface area contributed by atoms with Crippen LogP contribution in [0.1, 0.15) is 18.4 Å². The van der Waals surface area contributed by atoms with Crippen LogP contribution in [0, 0.1) is 17.6 Å². The van der Waals surface area contributed by atoms with Gasteiger partial charge in [0.25, 0.3) is 0 Å². The van der Waals surface area contributed by atoms with Gasteiger partial charge >= 0.3 is 0 Å². The topological polar surface area (TPSA) is 32.3 Å². The molecule has 1 aliphatic rings. The van der Waals surface area contributed by atoms with Gasteiger partial charge in [-0.3, -0.25) is 0 Å². The summed E-state index contributed by atoms with van der Waals surface area (Å²) in [6, 6.07) is 3.60. The van der Waals surface area contributed by atoms with Crippen LogP contribution in [0.3, 0.4) is 0 Å². The van der Waals surface area contributed by atoms with E-state index in [-0.39, 0.29) is 5.92 Å². The Morgan fingerprint density at radius 3 is 2.56 bits per heavy atom. The molecule has 88 valence electrons. The molecule has 1 aromatic rings. The van der Waals surface area contributed by atoms with Gasteiger partial charge in [-0.1, -0.05) is 6.07 Å². The largest absolute Gasteiger partial charge is 0.384 e. The smallest absolute Gasteiger partial charge is 0.159 e. The molecule has 2 nitrogen and oxygen atoms in total. The lowest BCUT2D eigenvalue weighted by molar-refractivity contribution is 0.0149. The minimum Gasteiger partial charge on any atom is -0.384 e. The van der Waals surface area contributed by atoms with Crippen LogP contribution in [0.2, 0.25) is 0 Å². The number of aliphatic hydroxyl groups is 1. The number of hydrogen-bond acceptors (Lipinski definition) is 2. The summed E-state index contributed by atoms with van der Waals surface area (Å²) >= 11 is 0. The molecule has 2 N–H and O–H groups in total. The van der Waals surface area contributed by atoms with E-state index in [0.29, 0.717) is 12.1 Å². The maximum atomic E-state index is 13.1. The Balaban J connectivity index is 2.34. The van der Waals surface area contributed by atoms with Crippen molar-refractivity contribution in [3.63, 3.8) is 0 Å². The standard InChI is InChI=1S/C12H15F2NO/c1-15-7-12(16,8-2-3-8)9-4-5-10(13)11(14)6-9/h4-6,8,15-16H,2-3,7H2,1H3. The lowest BCUT2D eigenvalue weighted by Crippen LogP contribution is -2.38. The molecule has 0 spiro atoms. The predicted molar refractivity (Wildman–Crippen MR) is 56.9 cm³/mol. The summed E-state index contributed by atoms with van der Waals surface area (Å²) in [7, 11) is 1.73. The third kappa shape index (κ3) is 1.95. The highest BCUT2D eigenvalue weighted by Gasteiger charge is 2.44. The van der Waals surface area contributed by atoms with Crippen LogP contribution in [0.5, 0.6) is 0 Å². The molecule has 16 heavy (non-hydrogen) atoms. The quantitative estimate of drug-likeness (QED) is 0.821. The van der Waals surface area contributed by atoms with Crippen molar-refractivity contribution in [3.05, 3.63) is 35.4 Å². The van der Waals surface area contributed by atoms with Gasteiger partial charge < -0.3 is 10.4 Å². The summed E-state index contributed by atoms with van der Waals surface area (Å²) in [5, 5.41) is 13.4. The molecule has 0 aliphatic heterocycles. The molecule has 0 aromatic heterocycles. The van der Waals surface area contributed by atoms with Gasteiger partial charge in [0, 0.05) is 6.54 Å². The first kappa shape index (κ1) is 11.5. The van der Waals surface area contributed by atoms with E-state index in [1.807, 2.05) is 0 Å². The summed E-state index contributed by atoms with van der Waals surface area (Å²) in [6.45, 7) is 0.350.